The molecule has 0 heterocycles. The standard InChI is InChI=1S/C23H32N2O3.C4H4O4/c1-23(2,3)28-22(27)25-19(14-17-10-6-4-7-11-17)16-21(26)20(24)15-18-12-8-5-9-13-18;5-3(6)1-2-4(7)8/h4-13,19-21,26H,14-16,24H2,1-3H3,(H,25,27);1-2H,(H,5,6)(H,7,8)/b;2-1+/t19-,20-,21-;/m0./s1. The number of carboxylic acids is 2. The number of carbonyl (C=O) groups excluding carboxylic acids is 1. The van der Waals surface area contributed by atoms with Gasteiger partial charge in [0.1, 0.15) is 5.60 Å². The van der Waals surface area contributed by atoms with Crippen molar-refractivity contribution < 1.29 is 34.4 Å². The average Bonchev–Trinajstić information content (AvgIpc) is 2.78. The van der Waals surface area contributed by atoms with Crippen LogP contribution < -0.4 is 11.1 Å². The van der Waals surface area contributed by atoms with E-state index in [2.05, 4.69) is 5.32 Å². The number of ether oxygens (including phenoxy) is 1. The van der Waals surface area contributed by atoms with Gasteiger partial charge in [-0.3, -0.25) is 0 Å². The smallest absolute Gasteiger partial charge is 0.407 e. The molecule has 9 nitrogen and oxygen atoms in total. The van der Waals surface area contributed by atoms with Crippen molar-refractivity contribution in [2.24, 2.45) is 5.73 Å². The van der Waals surface area contributed by atoms with Crippen LogP contribution in [0.25, 0.3) is 0 Å². The molecular weight excluding hydrogens is 464 g/mol. The number of rotatable bonds is 10. The van der Waals surface area contributed by atoms with Crippen molar-refractivity contribution >= 4 is 18.0 Å². The third-order valence-corrected chi connectivity index (χ3v) is 4.75. The van der Waals surface area contributed by atoms with Gasteiger partial charge in [0.2, 0.25) is 0 Å². The van der Waals surface area contributed by atoms with E-state index in [-0.39, 0.29) is 6.04 Å². The Kier molecular flexibility index (Phi) is 12.9. The van der Waals surface area contributed by atoms with Gasteiger partial charge in [0.15, 0.2) is 0 Å². The Labute approximate surface area is 211 Å². The molecule has 0 aliphatic heterocycles. The third kappa shape index (κ3) is 14.5. The largest absolute Gasteiger partial charge is 0.478 e. The summed E-state index contributed by atoms with van der Waals surface area (Å²) in [5, 5.41) is 29.2. The zero-order valence-electron chi connectivity index (χ0n) is 20.8. The summed E-state index contributed by atoms with van der Waals surface area (Å²) in [4.78, 5) is 31.4. The fraction of sp³-hybridized carbons (Fsp3) is 0.370. The van der Waals surface area contributed by atoms with Crippen LogP contribution in [0.2, 0.25) is 0 Å². The molecule has 0 aromatic heterocycles. The van der Waals surface area contributed by atoms with Crippen LogP contribution in [-0.4, -0.2) is 57.1 Å². The molecule has 0 fully saturated rings. The Morgan fingerprint density at radius 1 is 0.889 bits per heavy atom. The SMILES string of the molecule is CC(C)(C)OC(=O)N[C@@H](Cc1ccccc1)C[C@H](O)[C@@H](N)Cc1ccccc1.O=C(O)/C=C/C(=O)O. The number of benzene rings is 2. The molecule has 2 rings (SSSR count). The van der Waals surface area contributed by atoms with Gasteiger partial charge in [0.05, 0.1) is 6.10 Å². The Morgan fingerprint density at radius 2 is 1.33 bits per heavy atom. The number of aliphatic carboxylic acids is 2. The predicted molar refractivity (Wildman–Crippen MR) is 136 cm³/mol. The lowest BCUT2D eigenvalue weighted by Gasteiger charge is -2.27. The maximum Gasteiger partial charge on any atom is 0.407 e. The number of amides is 1. The van der Waals surface area contributed by atoms with Gasteiger partial charge in [-0.1, -0.05) is 60.7 Å². The lowest BCUT2D eigenvalue weighted by Crippen LogP contribution is -2.46. The summed E-state index contributed by atoms with van der Waals surface area (Å²) in [5.74, 6) is -2.51. The van der Waals surface area contributed by atoms with Crippen molar-refractivity contribution in [3.8, 4) is 0 Å². The Morgan fingerprint density at radius 3 is 1.75 bits per heavy atom. The molecule has 3 atom stereocenters. The van der Waals surface area contributed by atoms with E-state index in [0.717, 1.165) is 11.1 Å². The Balaban J connectivity index is 0.000000697. The maximum atomic E-state index is 12.3. The highest BCUT2D eigenvalue weighted by Crippen LogP contribution is 2.14. The molecule has 9 heteroatoms. The molecule has 6 N–H and O–H groups in total. The van der Waals surface area contributed by atoms with Crippen molar-refractivity contribution in [3.63, 3.8) is 0 Å². The first-order valence-electron chi connectivity index (χ1n) is 11.5. The van der Waals surface area contributed by atoms with Crippen LogP contribution in [0, 0.1) is 0 Å². The number of nitrogens with two attached hydrogens (primary N) is 1. The fourth-order valence-electron chi connectivity index (χ4n) is 3.20. The van der Waals surface area contributed by atoms with Crippen LogP contribution in [0.1, 0.15) is 38.3 Å². The molecule has 0 saturated carbocycles. The van der Waals surface area contributed by atoms with E-state index in [1.807, 2.05) is 81.4 Å². The summed E-state index contributed by atoms with van der Waals surface area (Å²) in [5.41, 5.74) is 7.80. The second-order valence-corrected chi connectivity index (χ2v) is 9.20. The molecule has 2 aromatic carbocycles. The Hall–Kier alpha value is -3.69. The summed E-state index contributed by atoms with van der Waals surface area (Å²) in [7, 11) is 0. The minimum atomic E-state index is -1.26. The van der Waals surface area contributed by atoms with Gasteiger partial charge in [-0.25, -0.2) is 14.4 Å². The molecular formula is C27H36N2O7. The van der Waals surface area contributed by atoms with Gasteiger partial charge in [-0.2, -0.15) is 0 Å². The number of aliphatic hydroxyl groups is 1. The molecule has 0 aliphatic carbocycles. The number of alkyl carbamates (subject to hydrolysis) is 1. The van der Waals surface area contributed by atoms with Crippen LogP contribution in [-0.2, 0) is 27.2 Å². The molecule has 0 bridgehead atoms. The molecule has 36 heavy (non-hydrogen) atoms. The second-order valence-electron chi connectivity index (χ2n) is 9.20. The zero-order chi connectivity index (χ0) is 27.1. The highest BCUT2D eigenvalue weighted by atomic mass is 16.6. The molecule has 0 spiro atoms. The van der Waals surface area contributed by atoms with Gasteiger partial charge in [0.25, 0.3) is 0 Å². The van der Waals surface area contributed by atoms with Crippen molar-refractivity contribution in [1.29, 1.82) is 0 Å². The minimum Gasteiger partial charge on any atom is -0.478 e. The first kappa shape index (κ1) is 30.3. The van der Waals surface area contributed by atoms with Crippen LogP contribution in [0.4, 0.5) is 4.79 Å². The summed E-state index contributed by atoms with van der Waals surface area (Å²) >= 11 is 0. The van der Waals surface area contributed by atoms with Crippen LogP contribution in [0.5, 0.6) is 0 Å². The van der Waals surface area contributed by atoms with E-state index in [9.17, 15) is 19.5 Å². The molecule has 1 amide bonds. The number of hydrogen-bond acceptors (Lipinski definition) is 6. The third-order valence-electron chi connectivity index (χ3n) is 4.75. The summed E-state index contributed by atoms with van der Waals surface area (Å²) in [6.07, 6.45) is 1.40. The molecule has 0 aliphatic rings. The van der Waals surface area contributed by atoms with Crippen molar-refractivity contribution in [2.75, 3.05) is 0 Å². The number of carboxylic acid groups (broad SMARTS) is 2. The highest BCUT2D eigenvalue weighted by molar-refractivity contribution is 5.89. The van der Waals surface area contributed by atoms with Gasteiger partial charge >= 0.3 is 18.0 Å². The zero-order valence-corrected chi connectivity index (χ0v) is 20.8. The normalized spacial score (nSPS) is 13.6. The van der Waals surface area contributed by atoms with Gasteiger partial charge in [0, 0.05) is 24.2 Å². The molecule has 0 saturated heterocycles. The van der Waals surface area contributed by atoms with E-state index in [1.54, 1.807) is 0 Å². The lowest BCUT2D eigenvalue weighted by molar-refractivity contribution is -0.134. The maximum absolute atomic E-state index is 12.3. The molecule has 2 aromatic rings. The fourth-order valence-corrected chi connectivity index (χ4v) is 3.20. The monoisotopic (exact) mass is 500 g/mol. The number of carbonyl (C=O) groups is 3. The highest BCUT2D eigenvalue weighted by Gasteiger charge is 2.24. The molecule has 0 radical (unpaired) electrons. The first-order valence-corrected chi connectivity index (χ1v) is 11.5. The molecule has 0 unspecified atom stereocenters. The van der Waals surface area contributed by atoms with Crippen molar-refractivity contribution in [2.45, 2.75) is 63.8 Å². The van der Waals surface area contributed by atoms with E-state index >= 15 is 0 Å². The van der Waals surface area contributed by atoms with E-state index in [1.165, 1.54) is 0 Å². The minimum absolute atomic E-state index is 0.283. The topological polar surface area (TPSA) is 159 Å². The van der Waals surface area contributed by atoms with E-state index < -0.39 is 35.8 Å². The average molecular weight is 501 g/mol. The quantitative estimate of drug-likeness (QED) is 0.311. The van der Waals surface area contributed by atoms with Crippen LogP contribution in [0.3, 0.4) is 0 Å². The number of hydrogen-bond donors (Lipinski definition) is 5. The molecule has 196 valence electrons. The first-order chi connectivity index (χ1) is 16.9. The lowest BCUT2D eigenvalue weighted by atomic mass is 9.94. The number of nitrogens with one attached hydrogen (secondary N) is 1. The Bertz CT molecular complexity index is 957. The van der Waals surface area contributed by atoms with Crippen LogP contribution >= 0.6 is 0 Å². The van der Waals surface area contributed by atoms with Crippen LogP contribution in [0.15, 0.2) is 72.8 Å². The second kappa shape index (κ2) is 15.3. The summed E-state index contributed by atoms with van der Waals surface area (Å²) in [6, 6.07) is 19.0. The van der Waals surface area contributed by atoms with E-state index in [4.69, 9.17) is 20.7 Å². The van der Waals surface area contributed by atoms with Crippen molar-refractivity contribution in [1.82, 2.24) is 5.32 Å². The van der Waals surface area contributed by atoms with Gasteiger partial charge in [-0.15, -0.1) is 0 Å². The van der Waals surface area contributed by atoms with Gasteiger partial charge < -0.3 is 31.1 Å². The van der Waals surface area contributed by atoms with Crippen molar-refractivity contribution in [3.05, 3.63) is 83.9 Å². The summed E-state index contributed by atoms with van der Waals surface area (Å²) in [6.45, 7) is 5.47. The number of aliphatic hydroxyl groups excluding tert-OH is 1. The predicted octanol–water partition coefficient (Wildman–Crippen LogP) is 3.16. The van der Waals surface area contributed by atoms with E-state index in [0.29, 0.717) is 31.4 Å². The van der Waals surface area contributed by atoms with Gasteiger partial charge in [-0.05, 0) is 51.2 Å². The summed E-state index contributed by atoms with van der Waals surface area (Å²) < 4.78 is 5.38.